The normalized spacial score (nSPS) is 11.5. The van der Waals surface area contributed by atoms with Gasteiger partial charge in [0.05, 0.1) is 5.75 Å². The van der Waals surface area contributed by atoms with Crippen LogP contribution in [0.2, 0.25) is 0 Å². The van der Waals surface area contributed by atoms with Gasteiger partial charge in [-0.25, -0.2) is 9.67 Å². The number of rotatable bonds is 7. The van der Waals surface area contributed by atoms with Crippen LogP contribution in [0.3, 0.4) is 0 Å². The highest BCUT2D eigenvalue weighted by atomic mass is 32.2. The molecule has 0 aliphatic carbocycles. The third-order valence-electron chi connectivity index (χ3n) is 3.12. The van der Waals surface area contributed by atoms with Crippen molar-refractivity contribution in [3.8, 4) is 0 Å². The van der Waals surface area contributed by atoms with Gasteiger partial charge in [0.15, 0.2) is 0 Å². The average Bonchev–Trinajstić information content (AvgIpc) is 2.92. The Bertz CT molecular complexity index is 563. The smallest absolute Gasteiger partial charge is 0.138 e. The highest BCUT2D eigenvalue weighted by molar-refractivity contribution is 7.98. The van der Waals surface area contributed by atoms with Crippen molar-refractivity contribution in [2.75, 3.05) is 0 Å². The van der Waals surface area contributed by atoms with Crippen molar-refractivity contribution in [3.63, 3.8) is 0 Å². The molecule has 1 aromatic carbocycles. The molecule has 0 aliphatic rings. The summed E-state index contributed by atoms with van der Waals surface area (Å²) in [5.41, 5.74) is 1.32. The lowest BCUT2D eigenvalue weighted by Crippen LogP contribution is -2.21. The van der Waals surface area contributed by atoms with E-state index in [9.17, 15) is 0 Å². The molecule has 2 aromatic rings. The molecule has 1 N–H and O–H groups in total. The van der Waals surface area contributed by atoms with Crippen LogP contribution >= 0.6 is 11.8 Å². The van der Waals surface area contributed by atoms with Gasteiger partial charge in [-0.15, -0.1) is 11.8 Å². The molecule has 1 heterocycles. The van der Waals surface area contributed by atoms with Crippen LogP contribution in [0.4, 0.5) is 0 Å². The Morgan fingerprint density at radius 2 is 2.05 bits per heavy atom. The summed E-state index contributed by atoms with van der Waals surface area (Å²) < 4.78 is 1.98. The Morgan fingerprint density at radius 1 is 1.24 bits per heavy atom. The van der Waals surface area contributed by atoms with Gasteiger partial charge in [0.1, 0.15) is 12.2 Å². The van der Waals surface area contributed by atoms with E-state index in [1.54, 1.807) is 6.33 Å². The molecule has 5 heteroatoms. The lowest BCUT2D eigenvalue weighted by molar-refractivity contribution is 0.514. The quantitative estimate of drug-likeness (QED) is 0.793. The van der Waals surface area contributed by atoms with Crippen molar-refractivity contribution in [2.45, 2.75) is 57.0 Å². The summed E-state index contributed by atoms with van der Waals surface area (Å²) in [6.45, 7) is 9.49. The first-order chi connectivity index (χ1) is 10.1. The van der Waals surface area contributed by atoms with Gasteiger partial charge in [-0.3, -0.25) is 0 Å². The molecule has 0 atom stereocenters. The van der Waals surface area contributed by atoms with Crippen molar-refractivity contribution in [1.29, 1.82) is 0 Å². The van der Waals surface area contributed by atoms with Crippen LogP contribution in [0, 0.1) is 0 Å². The third kappa shape index (κ3) is 4.86. The molecule has 114 valence electrons. The van der Waals surface area contributed by atoms with Gasteiger partial charge in [-0.2, -0.15) is 5.10 Å². The van der Waals surface area contributed by atoms with Crippen molar-refractivity contribution in [3.05, 3.63) is 42.0 Å². The van der Waals surface area contributed by atoms with Crippen LogP contribution in [-0.4, -0.2) is 20.8 Å². The minimum atomic E-state index is 0.352. The molecule has 0 unspecified atom stereocenters. The number of aromatic nitrogens is 3. The standard InChI is InChI=1S/C16H24N4S/c1-12(2)17-9-14-6-5-7-15(8-14)21-10-16-18-11-19-20(16)13(3)4/h5-8,11-13,17H,9-10H2,1-4H3. The van der Waals surface area contributed by atoms with Crippen LogP contribution in [0.25, 0.3) is 0 Å². The minimum Gasteiger partial charge on any atom is -0.310 e. The maximum absolute atomic E-state index is 4.35. The lowest BCUT2D eigenvalue weighted by atomic mass is 10.2. The Kier molecular flexibility index (Phi) is 5.82. The average molecular weight is 304 g/mol. The van der Waals surface area contributed by atoms with Gasteiger partial charge in [-0.1, -0.05) is 26.0 Å². The highest BCUT2D eigenvalue weighted by Crippen LogP contribution is 2.23. The zero-order valence-corrected chi connectivity index (χ0v) is 14.0. The molecule has 0 radical (unpaired) electrons. The molecule has 0 aliphatic heterocycles. The van der Waals surface area contributed by atoms with Crippen molar-refractivity contribution in [1.82, 2.24) is 20.1 Å². The maximum atomic E-state index is 4.35. The fourth-order valence-corrected chi connectivity index (χ4v) is 2.94. The van der Waals surface area contributed by atoms with E-state index < -0.39 is 0 Å². The highest BCUT2D eigenvalue weighted by Gasteiger charge is 2.08. The second-order valence-corrected chi connectivity index (χ2v) is 6.74. The van der Waals surface area contributed by atoms with Crippen LogP contribution < -0.4 is 5.32 Å². The van der Waals surface area contributed by atoms with Gasteiger partial charge >= 0.3 is 0 Å². The van der Waals surface area contributed by atoms with Crippen LogP contribution in [-0.2, 0) is 12.3 Å². The topological polar surface area (TPSA) is 42.7 Å². The molecule has 0 bridgehead atoms. The second kappa shape index (κ2) is 7.61. The van der Waals surface area contributed by atoms with Crippen molar-refractivity contribution in [2.24, 2.45) is 0 Å². The predicted molar refractivity (Wildman–Crippen MR) is 88.4 cm³/mol. The van der Waals surface area contributed by atoms with Gasteiger partial charge in [0.2, 0.25) is 0 Å². The van der Waals surface area contributed by atoms with E-state index in [4.69, 9.17) is 0 Å². The third-order valence-corrected chi connectivity index (χ3v) is 4.11. The van der Waals surface area contributed by atoms with Gasteiger partial charge < -0.3 is 5.32 Å². The van der Waals surface area contributed by atoms with Crippen LogP contribution in [0.5, 0.6) is 0 Å². The summed E-state index contributed by atoms with van der Waals surface area (Å²) in [5, 5.41) is 7.72. The molecule has 0 saturated carbocycles. The van der Waals surface area contributed by atoms with E-state index in [-0.39, 0.29) is 0 Å². The Hall–Kier alpha value is -1.33. The Morgan fingerprint density at radius 3 is 2.76 bits per heavy atom. The first-order valence-electron chi connectivity index (χ1n) is 7.39. The lowest BCUT2D eigenvalue weighted by Gasteiger charge is -2.10. The van der Waals surface area contributed by atoms with E-state index in [1.807, 2.05) is 16.4 Å². The summed E-state index contributed by atoms with van der Waals surface area (Å²) in [6.07, 6.45) is 1.64. The van der Waals surface area contributed by atoms with E-state index in [2.05, 4.69) is 67.4 Å². The van der Waals surface area contributed by atoms with Gasteiger partial charge in [0.25, 0.3) is 0 Å². The molecule has 0 fully saturated rings. The molecule has 2 rings (SSSR count). The summed E-state index contributed by atoms with van der Waals surface area (Å²) in [4.78, 5) is 5.63. The predicted octanol–water partition coefficient (Wildman–Crippen LogP) is 3.65. The first-order valence-corrected chi connectivity index (χ1v) is 8.38. The fraction of sp³-hybridized carbons (Fsp3) is 0.500. The van der Waals surface area contributed by atoms with Gasteiger partial charge in [-0.05, 0) is 31.5 Å². The van der Waals surface area contributed by atoms with E-state index in [0.717, 1.165) is 18.1 Å². The minimum absolute atomic E-state index is 0.352. The zero-order chi connectivity index (χ0) is 15.2. The Labute approximate surface area is 131 Å². The van der Waals surface area contributed by atoms with Crippen LogP contribution in [0.1, 0.15) is 45.1 Å². The molecule has 1 aromatic heterocycles. The fourth-order valence-electron chi connectivity index (χ4n) is 2.02. The number of hydrogen-bond donors (Lipinski definition) is 1. The van der Waals surface area contributed by atoms with E-state index in [1.165, 1.54) is 10.5 Å². The maximum Gasteiger partial charge on any atom is 0.138 e. The van der Waals surface area contributed by atoms with Gasteiger partial charge in [0, 0.05) is 23.5 Å². The van der Waals surface area contributed by atoms with Crippen molar-refractivity contribution >= 4 is 11.8 Å². The zero-order valence-electron chi connectivity index (χ0n) is 13.2. The van der Waals surface area contributed by atoms with E-state index >= 15 is 0 Å². The number of nitrogens with one attached hydrogen (secondary N) is 1. The largest absolute Gasteiger partial charge is 0.310 e. The summed E-state index contributed by atoms with van der Waals surface area (Å²) >= 11 is 1.81. The second-order valence-electron chi connectivity index (χ2n) is 5.69. The van der Waals surface area contributed by atoms with Crippen LogP contribution in [0.15, 0.2) is 35.5 Å². The number of nitrogens with zero attached hydrogens (tertiary/aromatic N) is 3. The summed E-state index contributed by atoms with van der Waals surface area (Å²) in [7, 11) is 0. The molecule has 4 nitrogen and oxygen atoms in total. The number of thioether (sulfide) groups is 1. The Balaban J connectivity index is 1.96. The molecule has 21 heavy (non-hydrogen) atoms. The molecular formula is C16H24N4S. The summed E-state index contributed by atoms with van der Waals surface area (Å²) in [5.74, 6) is 1.87. The SMILES string of the molecule is CC(C)NCc1cccc(SCc2ncnn2C(C)C)c1. The van der Waals surface area contributed by atoms with E-state index in [0.29, 0.717) is 12.1 Å². The van der Waals surface area contributed by atoms with Crippen molar-refractivity contribution < 1.29 is 0 Å². The molecule has 0 amide bonds. The summed E-state index contributed by atoms with van der Waals surface area (Å²) in [6, 6.07) is 9.54. The molecular weight excluding hydrogens is 280 g/mol. The number of hydrogen-bond acceptors (Lipinski definition) is 4. The number of benzene rings is 1. The monoisotopic (exact) mass is 304 g/mol. The molecule has 0 saturated heterocycles. The first kappa shape index (κ1) is 16.0. The molecule has 0 spiro atoms.